The van der Waals surface area contributed by atoms with Gasteiger partial charge in [0.05, 0.1) is 11.4 Å². The zero-order chi connectivity index (χ0) is 23.7. The summed E-state index contributed by atoms with van der Waals surface area (Å²) < 4.78 is 0. The number of anilines is 2. The zero-order valence-electron chi connectivity index (χ0n) is 18.5. The first kappa shape index (κ1) is 20.1. The van der Waals surface area contributed by atoms with E-state index in [4.69, 9.17) is 0 Å². The topological polar surface area (TPSA) is 74.8 Å². The Bertz CT molecular complexity index is 1430. The molecule has 0 N–H and O–H groups in total. The summed E-state index contributed by atoms with van der Waals surface area (Å²) in [5.74, 6) is -1.92. The Morgan fingerprint density at radius 1 is 0.471 bits per heavy atom. The van der Waals surface area contributed by atoms with Gasteiger partial charge in [0.25, 0.3) is 23.6 Å². The Morgan fingerprint density at radius 3 is 1.09 bits per heavy atom. The first-order chi connectivity index (χ1) is 16.4. The van der Waals surface area contributed by atoms with E-state index in [-0.39, 0.29) is 0 Å². The lowest BCUT2D eigenvalue weighted by atomic mass is 9.85. The maximum absolute atomic E-state index is 13.5. The van der Waals surface area contributed by atoms with E-state index in [0.29, 0.717) is 44.4 Å². The third-order valence-corrected chi connectivity index (χ3v) is 6.41. The van der Waals surface area contributed by atoms with Gasteiger partial charge in [0.2, 0.25) is 0 Å². The van der Waals surface area contributed by atoms with Crippen LogP contribution in [0.1, 0.15) is 52.6 Å². The number of aryl methyl sites for hydroxylation is 2. The molecular weight excluding hydrogens is 428 g/mol. The van der Waals surface area contributed by atoms with Gasteiger partial charge in [-0.25, -0.2) is 9.80 Å². The fourth-order valence-corrected chi connectivity index (χ4v) is 4.88. The van der Waals surface area contributed by atoms with E-state index >= 15 is 0 Å². The van der Waals surface area contributed by atoms with E-state index in [1.165, 1.54) is 0 Å². The van der Waals surface area contributed by atoms with E-state index in [2.05, 4.69) is 0 Å². The van der Waals surface area contributed by atoms with Crippen LogP contribution in [0.4, 0.5) is 11.4 Å². The van der Waals surface area contributed by atoms with Crippen molar-refractivity contribution in [3.05, 3.63) is 106 Å². The van der Waals surface area contributed by atoms with Crippen LogP contribution in [0.15, 0.2) is 72.8 Å². The van der Waals surface area contributed by atoms with Crippen LogP contribution in [0.5, 0.6) is 0 Å². The van der Waals surface area contributed by atoms with Crippen LogP contribution in [-0.4, -0.2) is 23.6 Å². The fraction of sp³-hybridized carbons (Fsp3) is 0.0714. The lowest BCUT2D eigenvalue weighted by molar-refractivity contribution is 0.0873. The number of hydrogen-bond donors (Lipinski definition) is 0. The van der Waals surface area contributed by atoms with Crippen LogP contribution in [0, 0.1) is 13.8 Å². The molecule has 0 bridgehead atoms. The van der Waals surface area contributed by atoms with Crippen molar-refractivity contribution in [2.45, 2.75) is 13.8 Å². The summed E-state index contributed by atoms with van der Waals surface area (Å²) in [5.41, 5.74) is 3.96. The zero-order valence-corrected chi connectivity index (χ0v) is 18.5. The Labute approximate surface area is 195 Å². The van der Waals surface area contributed by atoms with E-state index in [1.807, 2.05) is 26.0 Å². The number of benzene rings is 4. The summed E-state index contributed by atoms with van der Waals surface area (Å²) in [5, 5.41) is 0.721. The van der Waals surface area contributed by atoms with E-state index in [0.717, 1.165) is 20.9 Å². The van der Waals surface area contributed by atoms with Crippen molar-refractivity contribution in [2.24, 2.45) is 0 Å². The number of nitrogens with zero attached hydrogens (tertiary/aromatic N) is 2. The second-order valence-corrected chi connectivity index (χ2v) is 8.64. The van der Waals surface area contributed by atoms with Crippen molar-refractivity contribution in [1.82, 2.24) is 0 Å². The van der Waals surface area contributed by atoms with E-state index < -0.39 is 23.6 Å². The van der Waals surface area contributed by atoms with Crippen molar-refractivity contribution in [1.29, 1.82) is 0 Å². The third-order valence-electron chi connectivity index (χ3n) is 6.41. The molecule has 4 aromatic rings. The van der Waals surface area contributed by atoms with Gasteiger partial charge in [0.15, 0.2) is 0 Å². The van der Waals surface area contributed by atoms with Crippen LogP contribution in [0.25, 0.3) is 10.8 Å². The van der Waals surface area contributed by atoms with Crippen molar-refractivity contribution in [3.8, 4) is 0 Å². The summed E-state index contributed by atoms with van der Waals surface area (Å²) in [6.07, 6.45) is 0. The normalized spacial score (nSPS) is 14.9. The van der Waals surface area contributed by atoms with Gasteiger partial charge in [0, 0.05) is 33.0 Å². The highest BCUT2D eigenvalue weighted by Crippen LogP contribution is 2.40. The Hall–Kier alpha value is -4.58. The lowest BCUT2D eigenvalue weighted by Crippen LogP contribution is -2.43. The minimum atomic E-state index is -0.479. The molecule has 0 saturated heterocycles. The predicted octanol–water partition coefficient (Wildman–Crippen LogP) is 5.06. The molecule has 0 aromatic heterocycles. The standard InChI is InChI=1S/C28H18N2O4/c1-15-5-3-7-17(13-15)29-25(31)19-9-11-21-24-22(12-10-20(23(19)24)26(29)32)28(34)30(27(21)33)18-8-4-6-16(2)14-18/h3-14H,1-2H3. The lowest BCUT2D eigenvalue weighted by Gasteiger charge is -2.32. The molecule has 2 aliphatic rings. The highest BCUT2D eigenvalue weighted by Gasteiger charge is 2.40. The van der Waals surface area contributed by atoms with Gasteiger partial charge < -0.3 is 0 Å². The Kier molecular flexibility index (Phi) is 4.10. The van der Waals surface area contributed by atoms with Crippen molar-refractivity contribution in [3.63, 3.8) is 0 Å². The molecule has 4 amide bonds. The van der Waals surface area contributed by atoms with Crippen LogP contribution in [0.2, 0.25) is 0 Å². The summed E-state index contributed by atoms with van der Waals surface area (Å²) in [6, 6.07) is 20.6. The molecule has 6 rings (SSSR count). The molecule has 0 radical (unpaired) electrons. The minimum absolute atomic E-state index is 0.293. The quantitative estimate of drug-likeness (QED) is 0.404. The molecule has 2 heterocycles. The van der Waals surface area contributed by atoms with Gasteiger partial charge in [-0.2, -0.15) is 0 Å². The van der Waals surface area contributed by atoms with Gasteiger partial charge in [-0.3, -0.25) is 19.2 Å². The molecule has 0 spiro atoms. The molecule has 34 heavy (non-hydrogen) atoms. The van der Waals surface area contributed by atoms with Crippen molar-refractivity contribution >= 4 is 45.8 Å². The second kappa shape index (κ2) is 6.96. The number of amides is 4. The van der Waals surface area contributed by atoms with Crippen LogP contribution in [0.3, 0.4) is 0 Å². The van der Waals surface area contributed by atoms with Gasteiger partial charge in [0.1, 0.15) is 0 Å². The number of rotatable bonds is 2. The molecule has 2 aliphatic heterocycles. The summed E-state index contributed by atoms with van der Waals surface area (Å²) in [4.78, 5) is 56.2. The van der Waals surface area contributed by atoms with Crippen LogP contribution < -0.4 is 9.80 Å². The van der Waals surface area contributed by atoms with Crippen molar-refractivity contribution < 1.29 is 19.2 Å². The average molecular weight is 446 g/mol. The monoisotopic (exact) mass is 446 g/mol. The molecular formula is C28H18N2O4. The summed E-state index contributed by atoms with van der Waals surface area (Å²) in [6.45, 7) is 3.78. The molecule has 0 saturated carbocycles. The van der Waals surface area contributed by atoms with Gasteiger partial charge in [-0.15, -0.1) is 0 Å². The number of carbonyl (C=O) groups excluding carboxylic acids is 4. The molecule has 164 valence electrons. The number of hydrogen-bond acceptors (Lipinski definition) is 4. The van der Waals surface area contributed by atoms with E-state index in [9.17, 15) is 19.2 Å². The molecule has 0 unspecified atom stereocenters. The molecule has 0 fully saturated rings. The molecule has 6 heteroatoms. The minimum Gasteiger partial charge on any atom is -0.268 e. The molecule has 0 aliphatic carbocycles. The summed E-state index contributed by atoms with van der Waals surface area (Å²) in [7, 11) is 0. The van der Waals surface area contributed by atoms with Crippen molar-refractivity contribution in [2.75, 3.05) is 9.80 Å². The Morgan fingerprint density at radius 2 is 0.794 bits per heavy atom. The largest absolute Gasteiger partial charge is 0.268 e. The maximum Gasteiger partial charge on any atom is 0.265 e. The maximum atomic E-state index is 13.5. The molecule has 4 aromatic carbocycles. The van der Waals surface area contributed by atoms with Gasteiger partial charge >= 0.3 is 0 Å². The van der Waals surface area contributed by atoms with Gasteiger partial charge in [-0.1, -0.05) is 24.3 Å². The SMILES string of the molecule is Cc1cccc(N2C(=O)c3ccc4c5c(ccc(c35)C2=O)C(=O)N(c2cccc(C)c2)C4=O)c1. The predicted molar refractivity (Wildman–Crippen MR) is 129 cm³/mol. The van der Waals surface area contributed by atoms with Crippen LogP contribution in [-0.2, 0) is 0 Å². The highest BCUT2D eigenvalue weighted by molar-refractivity contribution is 6.42. The van der Waals surface area contributed by atoms with E-state index in [1.54, 1.807) is 60.7 Å². The summed E-state index contributed by atoms with van der Waals surface area (Å²) >= 11 is 0. The Balaban J connectivity index is 1.57. The fourth-order valence-electron chi connectivity index (χ4n) is 4.88. The highest BCUT2D eigenvalue weighted by atomic mass is 16.2. The number of imide groups is 2. The van der Waals surface area contributed by atoms with Gasteiger partial charge in [-0.05, 0) is 73.5 Å². The number of carbonyl (C=O) groups is 4. The average Bonchev–Trinajstić information content (AvgIpc) is 2.81. The first-order valence-electron chi connectivity index (χ1n) is 10.9. The molecule has 0 atom stereocenters. The smallest absolute Gasteiger partial charge is 0.265 e. The first-order valence-corrected chi connectivity index (χ1v) is 10.9. The molecule has 6 nitrogen and oxygen atoms in total. The third kappa shape index (κ3) is 2.62. The van der Waals surface area contributed by atoms with Crippen LogP contribution >= 0.6 is 0 Å². The second-order valence-electron chi connectivity index (χ2n) is 8.64.